The van der Waals surface area contributed by atoms with Gasteiger partial charge in [0.15, 0.2) is 0 Å². The molecule has 0 aliphatic heterocycles. The predicted molar refractivity (Wildman–Crippen MR) is 37.2 cm³/mol. The first-order chi connectivity index (χ1) is 5.24. The number of rotatable bonds is 1. The molecule has 0 aromatic heterocycles. The second-order valence-electron chi connectivity index (χ2n) is 2.02. The molecule has 1 rings (SSSR count). The van der Waals surface area contributed by atoms with Crippen molar-refractivity contribution in [3.8, 4) is 5.75 Å². The van der Waals surface area contributed by atoms with Crippen LogP contribution in [0.1, 0.15) is 10.4 Å². The minimum absolute atomic E-state index is 0. The van der Waals surface area contributed by atoms with Gasteiger partial charge in [-0.15, -0.1) is 5.75 Å². The fourth-order valence-electron chi connectivity index (χ4n) is 0.709. The molecule has 58 valence electrons. The zero-order valence-corrected chi connectivity index (χ0v) is 12.0. The van der Waals surface area contributed by atoms with Crippen molar-refractivity contribution in [1.82, 2.24) is 0 Å². The number of ether oxygens (including phenoxy) is 1. The van der Waals surface area contributed by atoms with Gasteiger partial charge in [-0.05, 0) is 12.1 Å². The van der Waals surface area contributed by atoms with E-state index in [1.54, 1.807) is 0 Å². The summed E-state index contributed by atoms with van der Waals surface area (Å²) in [6, 6.07) is 5.53. The second-order valence-corrected chi connectivity index (χ2v) is 2.02. The van der Waals surface area contributed by atoms with Gasteiger partial charge in [-0.3, -0.25) is 0 Å². The van der Waals surface area contributed by atoms with Crippen LogP contribution in [0, 0.1) is 0 Å². The zero-order valence-electron chi connectivity index (χ0n) is 7.03. The maximum Gasteiger partial charge on any atom is 1.00 e. The summed E-state index contributed by atoms with van der Waals surface area (Å²) >= 11 is 0. The maximum absolute atomic E-state index is 10.8. The average molecular weight is 237 g/mol. The first-order valence-electron chi connectivity index (χ1n) is 3.09. The number of hydrogen-bond acceptors (Lipinski definition) is 3. The van der Waals surface area contributed by atoms with Gasteiger partial charge < -0.3 is 9.84 Å². The standard InChI is InChI=1S/C8H8O3.Rb/c1-11-8(10)6-2-4-7(9)5-3-6;/h2-5,9H,1H3;/q;+1/p-1. The first kappa shape index (κ1) is 12.3. The Balaban J connectivity index is 0.00000121. The molecule has 0 radical (unpaired) electrons. The van der Waals surface area contributed by atoms with E-state index in [1.165, 1.54) is 31.4 Å². The van der Waals surface area contributed by atoms with Crippen LogP contribution in [0.15, 0.2) is 24.3 Å². The van der Waals surface area contributed by atoms with E-state index in [0.29, 0.717) is 5.56 Å². The molecule has 4 heteroatoms. The molecule has 0 heterocycles. The molecule has 0 aliphatic carbocycles. The van der Waals surface area contributed by atoms with Crippen LogP contribution >= 0.6 is 0 Å². The van der Waals surface area contributed by atoms with E-state index in [-0.39, 0.29) is 63.9 Å². The molecule has 0 amide bonds. The number of esters is 1. The number of carbonyl (C=O) groups excluding carboxylic acids is 1. The van der Waals surface area contributed by atoms with E-state index in [0.717, 1.165) is 0 Å². The van der Waals surface area contributed by atoms with Gasteiger partial charge in [0, 0.05) is 0 Å². The molecule has 0 spiro atoms. The molecule has 0 saturated heterocycles. The fraction of sp³-hybridized carbons (Fsp3) is 0.125. The SMILES string of the molecule is COC(=O)c1ccc([O-])cc1.[Rb+]. The van der Waals surface area contributed by atoms with E-state index in [1.807, 2.05) is 0 Å². The van der Waals surface area contributed by atoms with Gasteiger partial charge in [0.2, 0.25) is 0 Å². The Hall–Kier alpha value is 0.295. The summed E-state index contributed by atoms with van der Waals surface area (Å²) in [5.74, 6) is -0.539. The van der Waals surface area contributed by atoms with E-state index in [4.69, 9.17) is 0 Å². The maximum atomic E-state index is 10.8. The molecule has 0 atom stereocenters. The Morgan fingerprint density at radius 2 is 1.83 bits per heavy atom. The summed E-state index contributed by atoms with van der Waals surface area (Å²) in [4.78, 5) is 10.8. The van der Waals surface area contributed by atoms with Crippen LogP contribution in [0.4, 0.5) is 0 Å². The van der Waals surface area contributed by atoms with Gasteiger partial charge in [-0.2, -0.15) is 0 Å². The van der Waals surface area contributed by atoms with Crippen molar-refractivity contribution in [3.63, 3.8) is 0 Å². The van der Waals surface area contributed by atoms with Crippen LogP contribution in [-0.4, -0.2) is 13.1 Å². The Morgan fingerprint density at radius 3 is 2.25 bits per heavy atom. The van der Waals surface area contributed by atoms with Crippen molar-refractivity contribution in [3.05, 3.63) is 29.8 Å². The van der Waals surface area contributed by atoms with Crippen LogP contribution in [0.2, 0.25) is 0 Å². The van der Waals surface area contributed by atoms with Crippen molar-refractivity contribution < 1.29 is 72.8 Å². The summed E-state index contributed by atoms with van der Waals surface area (Å²) in [6.07, 6.45) is 0. The minimum Gasteiger partial charge on any atom is -0.872 e. The van der Waals surface area contributed by atoms with E-state index < -0.39 is 5.97 Å². The van der Waals surface area contributed by atoms with E-state index >= 15 is 0 Å². The third-order valence-corrected chi connectivity index (χ3v) is 1.28. The molecule has 1 aromatic rings. The van der Waals surface area contributed by atoms with Crippen molar-refractivity contribution in [2.45, 2.75) is 0 Å². The van der Waals surface area contributed by atoms with Gasteiger partial charge in [0.25, 0.3) is 0 Å². The number of hydrogen-bond donors (Lipinski definition) is 0. The summed E-state index contributed by atoms with van der Waals surface area (Å²) in [7, 11) is 1.30. The van der Waals surface area contributed by atoms with Gasteiger partial charge >= 0.3 is 64.2 Å². The third kappa shape index (κ3) is 3.35. The van der Waals surface area contributed by atoms with E-state index in [2.05, 4.69) is 4.74 Å². The monoisotopic (exact) mass is 236 g/mol. The van der Waals surface area contributed by atoms with Crippen molar-refractivity contribution in [1.29, 1.82) is 0 Å². The van der Waals surface area contributed by atoms with Crippen LogP contribution in [0.5, 0.6) is 5.75 Å². The fourth-order valence-corrected chi connectivity index (χ4v) is 0.709. The Morgan fingerprint density at radius 1 is 1.33 bits per heavy atom. The van der Waals surface area contributed by atoms with Gasteiger partial charge in [0.05, 0.1) is 12.7 Å². The molecule has 3 nitrogen and oxygen atoms in total. The van der Waals surface area contributed by atoms with Crippen molar-refractivity contribution in [2.24, 2.45) is 0 Å². The molecule has 0 unspecified atom stereocenters. The molecule has 0 fully saturated rings. The molecular formula is C8H7O3Rb. The predicted octanol–water partition coefficient (Wildman–Crippen LogP) is -2.45. The minimum atomic E-state index is -0.426. The normalized spacial score (nSPS) is 8.42. The quantitative estimate of drug-likeness (QED) is 0.509. The second kappa shape index (κ2) is 5.86. The Kier molecular flexibility index (Phi) is 6.00. The molecule has 0 bridgehead atoms. The molecule has 0 N–H and O–H groups in total. The largest absolute Gasteiger partial charge is 1.00 e. The summed E-state index contributed by atoms with van der Waals surface area (Å²) in [5, 5.41) is 10.6. The number of carbonyl (C=O) groups is 1. The Bertz CT molecular complexity index is 256. The van der Waals surface area contributed by atoms with Gasteiger partial charge in [-0.1, -0.05) is 12.1 Å². The smallest absolute Gasteiger partial charge is 0.872 e. The molecule has 0 aliphatic rings. The van der Waals surface area contributed by atoms with Crippen molar-refractivity contribution >= 4 is 5.97 Å². The topological polar surface area (TPSA) is 49.4 Å². The van der Waals surface area contributed by atoms with E-state index in [9.17, 15) is 9.90 Å². The van der Waals surface area contributed by atoms with Crippen molar-refractivity contribution in [2.75, 3.05) is 7.11 Å². The molecule has 12 heavy (non-hydrogen) atoms. The zero-order chi connectivity index (χ0) is 8.27. The summed E-state index contributed by atoms with van der Waals surface area (Å²) in [5.41, 5.74) is 0.395. The third-order valence-electron chi connectivity index (χ3n) is 1.28. The first-order valence-corrected chi connectivity index (χ1v) is 3.09. The molecule has 1 aromatic carbocycles. The van der Waals surface area contributed by atoms with Gasteiger partial charge in [0.1, 0.15) is 0 Å². The number of benzene rings is 1. The number of methoxy groups -OCH3 is 1. The molecule has 0 saturated carbocycles. The Labute approximate surface area is 120 Å². The van der Waals surface area contributed by atoms with Crippen LogP contribution < -0.4 is 63.3 Å². The van der Waals surface area contributed by atoms with Crippen LogP contribution in [0.25, 0.3) is 0 Å². The average Bonchev–Trinajstić information content (AvgIpc) is 2.05. The van der Waals surface area contributed by atoms with Gasteiger partial charge in [-0.25, -0.2) is 4.79 Å². The molecular weight excluding hydrogens is 230 g/mol. The van der Waals surface area contributed by atoms with Crippen LogP contribution in [-0.2, 0) is 4.74 Å². The van der Waals surface area contributed by atoms with Crippen LogP contribution in [0.3, 0.4) is 0 Å². The summed E-state index contributed by atoms with van der Waals surface area (Å²) < 4.78 is 4.44. The summed E-state index contributed by atoms with van der Waals surface area (Å²) in [6.45, 7) is 0.